The van der Waals surface area contributed by atoms with Crippen LogP contribution in [0, 0.1) is 0 Å². The van der Waals surface area contributed by atoms with E-state index < -0.39 is 0 Å². The van der Waals surface area contributed by atoms with Gasteiger partial charge in [0.05, 0.1) is 24.2 Å². The van der Waals surface area contributed by atoms with Crippen LogP contribution in [0.25, 0.3) is 10.9 Å². The first kappa shape index (κ1) is 20.5. The molecule has 1 fully saturated rings. The molecule has 0 unspecified atom stereocenters. The predicted octanol–water partition coefficient (Wildman–Crippen LogP) is 4.10. The minimum atomic E-state index is -0.199. The van der Waals surface area contributed by atoms with E-state index in [2.05, 4.69) is 15.3 Å². The van der Waals surface area contributed by atoms with Crippen molar-refractivity contribution in [2.24, 2.45) is 0 Å². The van der Waals surface area contributed by atoms with Gasteiger partial charge in [0.1, 0.15) is 11.5 Å². The third-order valence-corrected chi connectivity index (χ3v) is 6.98. The molecule has 5 rings (SSSR count). The van der Waals surface area contributed by atoms with Crippen LogP contribution in [-0.4, -0.2) is 39.8 Å². The maximum Gasteiger partial charge on any atom is 0.271 e. The molecule has 0 saturated carbocycles. The quantitative estimate of drug-likeness (QED) is 0.465. The van der Waals surface area contributed by atoms with Crippen LogP contribution in [0.1, 0.15) is 45.6 Å². The number of carbonyl (C=O) groups is 2. The van der Waals surface area contributed by atoms with Gasteiger partial charge in [0.2, 0.25) is 5.91 Å². The van der Waals surface area contributed by atoms with E-state index in [1.807, 2.05) is 41.4 Å². The largest absolute Gasteiger partial charge is 0.467 e. The van der Waals surface area contributed by atoms with Crippen molar-refractivity contribution in [1.29, 1.82) is 0 Å². The summed E-state index contributed by atoms with van der Waals surface area (Å²) in [5.74, 6) is 0.947. The molecule has 1 aliphatic rings. The van der Waals surface area contributed by atoms with Crippen molar-refractivity contribution in [3.63, 3.8) is 0 Å². The standard InChI is InChI=1S/C24H24N4O3S/c29-22(12-17-13-25-20-6-2-1-5-19(17)20)28-9-7-16(8-10-28)24-27-21(15-32-24)23(30)26-14-18-4-3-11-31-18/h1-6,11,13,15-16,25H,7-10,12,14H2,(H,26,30). The number of fused-ring (bicyclic) bond motifs is 1. The summed E-state index contributed by atoms with van der Waals surface area (Å²) in [5.41, 5.74) is 2.54. The van der Waals surface area contributed by atoms with Crippen molar-refractivity contribution in [1.82, 2.24) is 20.2 Å². The maximum atomic E-state index is 12.9. The molecular formula is C24H24N4O3S. The number of aromatic nitrogens is 2. The fourth-order valence-corrected chi connectivity index (χ4v) is 5.15. The van der Waals surface area contributed by atoms with Crippen LogP contribution in [0.15, 0.2) is 58.7 Å². The van der Waals surface area contributed by atoms with E-state index in [-0.39, 0.29) is 17.7 Å². The fourth-order valence-electron chi connectivity index (χ4n) is 4.18. The van der Waals surface area contributed by atoms with Crippen LogP contribution in [0.3, 0.4) is 0 Å². The Morgan fingerprint density at radius 2 is 2.03 bits per heavy atom. The second kappa shape index (κ2) is 9.00. The Morgan fingerprint density at radius 3 is 2.84 bits per heavy atom. The zero-order valence-corrected chi connectivity index (χ0v) is 18.4. The summed E-state index contributed by atoms with van der Waals surface area (Å²) in [6, 6.07) is 11.7. The summed E-state index contributed by atoms with van der Waals surface area (Å²) in [5, 5.41) is 6.71. The molecule has 2 N–H and O–H groups in total. The van der Waals surface area contributed by atoms with Gasteiger partial charge in [-0.1, -0.05) is 18.2 Å². The lowest BCUT2D eigenvalue weighted by molar-refractivity contribution is -0.131. The lowest BCUT2D eigenvalue weighted by Gasteiger charge is -2.31. The zero-order valence-electron chi connectivity index (χ0n) is 17.5. The van der Waals surface area contributed by atoms with E-state index in [0.717, 1.165) is 34.3 Å². The second-order valence-corrected chi connectivity index (χ2v) is 8.91. The van der Waals surface area contributed by atoms with E-state index in [1.165, 1.54) is 11.3 Å². The molecule has 1 aliphatic heterocycles. The van der Waals surface area contributed by atoms with Gasteiger partial charge in [-0.2, -0.15) is 0 Å². The van der Waals surface area contributed by atoms with Gasteiger partial charge in [-0.15, -0.1) is 11.3 Å². The maximum absolute atomic E-state index is 12.9. The first-order valence-electron chi connectivity index (χ1n) is 10.8. The highest BCUT2D eigenvalue weighted by Gasteiger charge is 2.26. The van der Waals surface area contributed by atoms with Gasteiger partial charge in [-0.05, 0) is 36.6 Å². The van der Waals surface area contributed by atoms with Crippen LogP contribution in [0.2, 0.25) is 0 Å². The molecule has 1 saturated heterocycles. The summed E-state index contributed by atoms with van der Waals surface area (Å²) in [7, 11) is 0. The highest BCUT2D eigenvalue weighted by molar-refractivity contribution is 7.09. The van der Waals surface area contributed by atoms with Gasteiger partial charge in [0.15, 0.2) is 0 Å². The second-order valence-electron chi connectivity index (χ2n) is 8.02. The number of nitrogens with zero attached hydrogens (tertiary/aromatic N) is 2. The Bertz CT molecular complexity index is 1220. The van der Waals surface area contributed by atoms with Gasteiger partial charge in [0, 0.05) is 41.5 Å². The van der Waals surface area contributed by atoms with Crippen molar-refractivity contribution >= 4 is 34.1 Å². The molecule has 0 radical (unpaired) electrons. The Kier molecular flexibility index (Phi) is 5.77. The van der Waals surface area contributed by atoms with Gasteiger partial charge < -0.3 is 19.6 Å². The number of piperidine rings is 1. The number of thiazole rings is 1. The lowest BCUT2D eigenvalue weighted by atomic mass is 9.97. The van der Waals surface area contributed by atoms with Crippen molar-refractivity contribution in [3.8, 4) is 0 Å². The fraction of sp³-hybridized carbons (Fsp3) is 0.292. The number of H-pyrrole nitrogens is 1. The van der Waals surface area contributed by atoms with Gasteiger partial charge >= 0.3 is 0 Å². The average Bonchev–Trinajstić information content (AvgIpc) is 3.59. The number of likely N-dealkylation sites (tertiary alicyclic amines) is 1. The Balaban J connectivity index is 1.14. The monoisotopic (exact) mass is 448 g/mol. The number of aromatic amines is 1. The molecule has 164 valence electrons. The average molecular weight is 449 g/mol. The highest BCUT2D eigenvalue weighted by Crippen LogP contribution is 2.31. The summed E-state index contributed by atoms with van der Waals surface area (Å²) in [6.45, 7) is 1.77. The van der Waals surface area contributed by atoms with E-state index in [0.29, 0.717) is 37.5 Å². The van der Waals surface area contributed by atoms with Crippen molar-refractivity contribution < 1.29 is 14.0 Å². The third-order valence-electron chi connectivity index (χ3n) is 5.97. The smallest absolute Gasteiger partial charge is 0.271 e. The van der Waals surface area contributed by atoms with Crippen LogP contribution in [-0.2, 0) is 17.8 Å². The number of benzene rings is 1. The molecule has 1 aromatic carbocycles. The summed E-state index contributed by atoms with van der Waals surface area (Å²) in [4.78, 5) is 35.0. The number of rotatable bonds is 6. The molecule has 0 bridgehead atoms. The SMILES string of the molecule is O=C(NCc1ccco1)c1csc(C2CCN(C(=O)Cc3c[nH]c4ccccc34)CC2)n1. The zero-order chi connectivity index (χ0) is 21.9. The molecule has 0 aliphatic carbocycles. The molecule has 7 nitrogen and oxygen atoms in total. The summed E-state index contributed by atoms with van der Waals surface area (Å²) >= 11 is 1.52. The van der Waals surface area contributed by atoms with E-state index >= 15 is 0 Å². The van der Waals surface area contributed by atoms with E-state index in [9.17, 15) is 9.59 Å². The topological polar surface area (TPSA) is 91.2 Å². The van der Waals surface area contributed by atoms with Gasteiger partial charge in [0.25, 0.3) is 5.91 Å². The Labute approximate surface area is 189 Å². The summed E-state index contributed by atoms with van der Waals surface area (Å²) in [6.07, 6.45) is 5.65. The first-order chi connectivity index (χ1) is 15.7. The van der Waals surface area contributed by atoms with Crippen molar-refractivity contribution in [3.05, 3.63) is 76.3 Å². The van der Waals surface area contributed by atoms with E-state index in [4.69, 9.17) is 4.42 Å². The first-order valence-corrected chi connectivity index (χ1v) is 11.6. The van der Waals surface area contributed by atoms with Crippen molar-refractivity contribution in [2.45, 2.75) is 31.7 Å². The number of furan rings is 1. The highest BCUT2D eigenvalue weighted by atomic mass is 32.1. The minimum absolute atomic E-state index is 0.158. The molecule has 3 aromatic heterocycles. The Hall–Kier alpha value is -3.39. The molecule has 4 heterocycles. The molecule has 0 spiro atoms. The molecular weight excluding hydrogens is 424 g/mol. The van der Waals surface area contributed by atoms with Gasteiger partial charge in [-0.3, -0.25) is 9.59 Å². The Morgan fingerprint density at radius 1 is 1.19 bits per heavy atom. The number of para-hydroxylation sites is 1. The van der Waals surface area contributed by atoms with Gasteiger partial charge in [-0.25, -0.2) is 4.98 Å². The van der Waals surface area contributed by atoms with Crippen LogP contribution < -0.4 is 5.32 Å². The molecule has 2 amide bonds. The van der Waals surface area contributed by atoms with Crippen LogP contribution >= 0.6 is 11.3 Å². The predicted molar refractivity (Wildman–Crippen MR) is 123 cm³/mol. The molecule has 4 aromatic rings. The third kappa shape index (κ3) is 4.31. The molecule has 0 atom stereocenters. The number of nitrogens with one attached hydrogen (secondary N) is 2. The van der Waals surface area contributed by atoms with Crippen molar-refractivity contribution in [2.75, 3.05) is 13.1 Å². The minimum Gasteiger partial charge on any atom is -0.467 e. The normalized spacial score (nSPS) is 14.7. The number of amides is 2. The number of hydrogen-bond donors (Lipinski definition) is 2. The number of hydrogen-bond acceptors (Lipinski definition) is 5. The number of carbonyl (C=O) groups excluding carboxylic acids is 2. The van der Waals surface area contributed by atoms with Crippen LogP contribution in [0.5, 0.6) is 0 Å². The summed E-state index contributed by atoms with van der Waals surface area (Å²) < 4.78 is 5.24. The lowest BCUT2D eigenvalue weighted by Crippen LogP contribution is -2.38. The molecule has 32 heavy (non-hydrogen) atoms. The van der Waals surface area contributed by atoms with Crippen LogP contribution in [0.4, 0.5) is 0 Å². The van der Waals surface area contributed by atoms with E-state index in [1.54, 1.807) is 17.7 Å². The molecule has 8 heteroatoms.